The summed E-state index contributed by atoms with van der Waals surface area (Å²) in [5.41, 5.74) is 2.82. The number of carbonyl (C=O) groups excluding carboxylic acids is 2. The molecule has 1 amide bonds. The van der Waals surface area contributed by atoms with Gasteiger partial charge >= 0.3 is 5.97 Å². The number of anilines is 1. The number of hydrogen-bond donors (Lipinski definition) is 2. The molecule has 0 saturated carbocycles. The largest absolute Gasteiger partial charge is 0.495 e. The van der Waals surface area contributed by atoms with Crippen LogP contribution in [0.15, 0.2) is 72.8 Å². The highest BCUT2D eigenvalue weighted by Crippen LogP contribution is 2.28. The number of nitrogens with one attached hydrogen (secondary N) is 2. The topological polar surface area (TPSA) is 93.3 Å². The maximum Gasteiger partial charge on any atom is 0.360 e. The van der Waals surface area contributed by atoms with Crippen LogP contribution in [0.4, 0.5) is 5.69 Å². The van der Waals surface area contributed by atoms with Gasteiger partial charge in [-0.15, -0.1) is 0 Å². The van der Waals surface area contributed by atoms with Crippen LogP contribution in [0.1, 0.15) is 27.7 Å². The number of aryl methyl sites for hydroxylation is 1. The van der Waals surface area contributed by atoms with E-state index in [1.165, 1.54) is 7.11 Å². The molecule has 1 atom stereocenters. The smallest absolute Gasteiger partial charge is 0.360 e. The first-order valence-corrected chi connectivity index (χ1v) is 9.71. The molecule has 4 aromatic rings. The number of benzene rings is 3. The molecule has 1 heterocycles. The number of nitrogens with zero attached hydrogens (tertiary/aromatic N) is 1. The Morgan fingerprint density at radius 1 is 1.00 bits per heavy atom. The van der Waals surface area contributed by atoms with Crippen molar-refractivity contribution in [2.75, 3.05) is 12.4 Å². The minimum atomic E-state index is -1.17. The monoisotopic (exact) mass is 415 g/mol. The molecule has 0 fully saturated rings. The number of H-pyrrole nitrogens is 1. The van der Waals surface area contributed by atoms with E-state index in [0.29, 0.717) is 27.9 Å². The molecular weight excluding hydrogens is 394 g/mol. The van der Waals surface area contributed by atoms with Gasteiger partial charge in [0, 0.05) is 10.9 Å². The Balaban J connectivity index is 1.64. The summed E-state index contributed by atoms with van der Waals surface area (Å²) in [6.07, 6.45) is -1.17. The molecule has 2 N–H and O–H groups in total. The summed E-state index contributed by atoms with van der Waals surface area (Å²) in [6, 6.07) is 21.5. The summed E-state index contributed by atoms with van der Waals surface area (Å²) < 4.78 is 11.0. The zero-order valence-corrected chi connectivity index (χ0v) is 17.1. The van der Waals surface area contributed by atoms with Gasteiger partial charge in [0.1, 0.15) is 5.75 Å². The molecule has 7 nitrogen and oxygen atoms in total. The van der Waals surface area contributed by atoms with Gasteiger partial charge in [-0.25, -0.2) is 4.79 Å². The van der Waals surface area contributed by atoms with Crippen molar-refractivity contribution in [1.82, 2.24) is 10.2 Å². The number of aromatic amines is 1. The average molecular weight is 415 g/mol. The van der Waals surface area contributed by atoms with Crippen molar-refractivity contribution in [3.63, 3.8) is 0 Å². The van der Waals surface area contributed by atoms with Crippen molar-refractivity contribution in [3.8, 4) is 5.75 Å². The van der Waals surface area contributed by atoms with Gasteiger partial charge in [-0.05, 0) is 30.7 Å². The Hall–Kier alpha value is -4.13. The fourth-order valence-electron chi connectivity index (χ4n) is 3.30. The predicted octanol–water partition coefficient (Wildman–Crippen LogP) is 4.42. The summed E-state index contributed by atoms with van der Waals surface area (Å²) in [7, 11) is 1.53. The van der Waals surface area contributed by atoms with E-state index in [9.17, 15) is 9.59 Å². The first-order chi connectivity index (χ1) is 15.1. The van der Waals surface area contributed by atoms with Crippen LogP contribution in [0.2, 0.25) is 0 Å². The standard InChI is InChI=1S/C24H21N3O4/c1-15-12-13-20(30-2)19(14-15)25-23(28)22(16-8-4-3-5-9-16)31-24(29)21-17-10-6-7-11-18(17)26-27-21/h3-14,22H,1-2H3,(H,25,28)(H,26,27)/t22-/m1/s1. The molecule has 0 spiro atoms. The number of esters is 1. The lowest BCUT2D eigenvalue weighted by Crippen LogP contribution is -2.26. The van der Waals surface area contributed by atoms with Crippen LogP contribution in [-0.4, -0.2) is 29.2 Å². The van der Waals surface area contributed by atoms with Gasteiger partial charge in [0.05, 0.1) is 18.3 Å². The molecule has 0 radical (unpaired) electrons. The summed E-state index contributed by atoms with van der Waals surface area (Å²) in [6.45, 7) is 1.91. The van der Waals surface area contributed by atoms with Crippen molar-refractivity contribution in [2.45, 2.75) is 13.0 Å². The quantitative estimate of drug-likeness (QED) is 0.455. The van der Waals surface area contributed by atoms with Gasteiger partial charge in [0.2, 0.25) is 6.10 Å². The van der Waals surface area contributed by atoms with Crippen molar-refractivity contribution >= 4 is 28.5 Å². The van der Waals surface area contributed by atoms with Crippen LogP contribution in [0.3, 0.4) is 0 Å². The lowest BCUT2D eigenvalue weighted by atomic mass is 10.1. The second-order valence-electron chi connectivity index (χ2n) is 7.01. The van der Waals surface area contributed by atoms with Crippen LogP contribution in [-0.2, 0) is 9.53 Å². The first kappa shape index (κ1) is 20.2. The Morgan fingerprint density at radius 3 is 2.52 bits per heavy atom. The van der Waals surface area contributed by atoms with Gasteiger partial charge < -0.3 is 14.8 Å². The molecule has 0 aliphatic heterocycles. The normalized spacial score (nSPS) is 11.7. The predicted molar refractivity (Wildman–Crippen MR) is 117 cm³/mol. The van der Waals surface area contributed by atoms with Crippen LogP contribution >= 0.6 is 0 Å². The highest BCUT2D eigenvalue weighted by atomic mass is 16.5. The number of fused-ring (bicyclic) bond motifs is 1. The number of carbonyl (C=O) groups is 2. The maximum absolute atomic E-state index is 13.2. The van der Waals surface area contributed by atoms with E-state index < -0.39 is 18.0 Å². The molecular formula is C24H21N3O4. The molecule has 3 aromatic carbocycles. The molecule has 0 bridgehead atoms. The number of amides is 1. The third-order valence-electron chi connectivity index (χ3n) is 4.84. The molecule has 0 aliphatic carbocycles. The third kappa shape index (κ3) is 4.25. The van der Waals surface area contributed by atoms with E-state index in [1.54, 1.807) is 48.5 Å². The fourth-order valence-corrected chi connectivity index (χ4v) is 3.30. The van der Waals surface area contributed by atoms with Gasteiger partial charge in [-0.2, -0.15) is 5.10 Å². The number of methoxy groups -OCH3 is 1. The minimum Gasteiger partial charge on any atom is -0.495 e. The molecule has 0 aliphatic rings. The molecule has 4 rings (SSSR count). The van der Waals surface area contributed by atoms with E-state index >= 15 is 0 Å². The number of ether oxygens (including phenoxy) is 2. The SMILES string of the molecule is COc1ccc(C)cc1NC(=O)[C@H](OC(=O)c1n[nH]c2ccccc12)c1ccccc1. The third-order valence-corrected chi connectivity index (χ3v) is 4.84. The Morgan fingerprint density at radius 2 is 1.74 bits per heavy atom. The fraction of sp³-hybridized carbons (Fsp3) is 0.125. The minimum absolute atomic E-state index is 0.123. The molecule has 1 aromatic heterocycles. The molecule has 0 saturated heterocycles. The van der Waals surface area contributed by atoms with E-state index in [0.717, 1.165) is 5.56 Å². The first-order valence-electron chi connectivity index (χ1n) is 9.71. The summed E-state index contributed by atoms with van der Waals surface area (Å²) >= 11 is 0. The van der Waals surface area contributed by atoms with Crippen molar-refractivity contribution in [3.05, 3.63) is 89.6 Å². The van der Waals surface area contributed by atoms with E-state index in [4.69, 9.17) is 9.47 Å². The Labute approximate surface area is 179 Å². The number of rotatable bonds is 6. The molecule has 31 heavy (non-hydrogen) atoms. The Kier molecular flexibility index (Phi) is 5.66. The number of para-hydroxylation sites is 1. The lowest BCUT2D eigenvalue weighted by Gasteiger charge is -2.19. The molecule has 7 heteroatoms. The van der Waals surface area contributed by atoms with E-state index in [2.05, 4.69) is 15.5 Å². The van der Waals surface area contributed by atoms with E-state index in [-0.39, 0.29) is 5.69 Å². The summed E-state index contributed by atoms with van der Waals surface area (Å²) in [4.78, 5) is 26.1. The molecule has 156 valence electrons. The van der Waals surface area contributed by atoms with Gasteiger partial charge in [-0.1, -0.05) is 54.6 Å². The van der Waals surface area contributed by atoms with Crippen molar-refractivity contribution < 1.29 is 19.1 Å². The Bertz CT molecular complexity index is 1230. The number of hydrogen-bond acceptors (Lipinski definition) is 5. The van der Waals surface area contributed by atoms with Crippen LogP contribution in [0.5, 0.6) is 5.75 Å². The van der Waals surface area contributed by atoms with Gasteiger partial charge in [-0.3, -0.25) is 9.89 Å². The summed E-state index contributed by atoms with van der Waals surface area (Å²) in [5, 5.41) is 10.3. The van der Waals surface area contributed by atoms with Gasteiger partial charge in [0.25, 0.3) is 5.91 Å². The highest BCUT2D eigenvalue weighted by Gasteiger charge is 2.28. The zero-order valence-electron chi connectivity index (χ0n) is 17.1. The number of aromatic nitrogens is 2. The maximum atomic E-state index is 13.2. The van der Waals surface area contributed by atoms with Crippen LogP contribution in [0.25, 0.3) is 10.9 Å². The molecule has 0 unspecified atom stereocenters. The highest BCUT2D eigenvalue weighted by molar-refractivity contribution is 6.04. The second-order valence-corrected chi connectivity index (χ2v) is 7.01. The van der Waals surface area contributed by atoms with Crippen molar-refractivity contribution in [2.24, 2.45) is 0 Å². The van der Waals surface area contributed by atoms with Gasteiger partial charge in [0.15, 0.2) is 5.69 Å². The summed E-state index contributed by atoms with van der Waals surface area (Å²) in [5.74, 6) is -0.684. The van der Waals surface area contributed by atoms with Crippen LogP contribution < -0.4 is 10.1 Å². The zero-order chi connectivity index (χ0) is 21.8. The average Bonchev–Trinajstić information content (AvgIpc) is 3.22. The second kappa shape index (κ2) is 8.71. The van der Waals surface area contributed by atoms with Crippen LogP contribution in [0, 0.1) is 6.92 Å². The lowest BCUT2D eigenvalue weighted by molar-refractivity contribution is -0.125. The van der Waals surface area contributed by atoms with E-state index in [1.807, 2.05) is 31.2 Å². The van der Waals surface area contributed by atoms with Crippen molar-refractivity contribution in [1.29, 1.82) is 0 Å².